The Labute approximate surface area is 224 Å². The quantitative estimate of drug-likeness (QED) is 0.424. The van der Waals surface area contributed by atoms with Crippen LogP contribution in [0.25, 0.3) is 0 Å². The monoisotopic (exact) mass is 545 g/mol. The first-order valence-corrected chi connectivity index (χ1v) is 12.3. The van der Waals surface area contributed by atoms with Crippen molar-refractivity contribution >= 4 is 35.0 Å². The molecule has 0 aliphatic carbocycles. The van der Waals surface area contributed by atoms with E-state index in [1.807, 2.05) is 0 Å². The lowest BCUT2D eigenvalue weighted by Crippen LogP contribution is -2.48. The van der Waals surface area contributed by atoms with Crippen LogP contribution >= 0.6 is 23.2 Å². The van der Waals surface area contributed by atoms with Gasteiger partial charge in [-0.25, -0.2) is 4.39 Å². The van der Waals surface area contributed by atoms with E-state index in [0.717, 1.165) is 0 Å². The van der Waals surface area contributed by atoms with Gasteiger partial charge in [-0.3, -0.25) is 19.5 Å². The Balaban J connectivity index is 1.99. The molecule has 0 fully saturated rings. The molecule has 0 bridgehead atoms. The SMILES string of the molecule is C[C@@H](COC1(c2ccc(Cl)cc2)c2c(F)cc(C(C)(C)O)cc2C(=O)N1Cc1ccc(Cl)cn1)C(N)=O. The largest absolute Gasteiger partial charge is 0.386 e. The molecule has 1 aliphatic rings. The van der Waals surface area contributed by atoms with E-state index in [9.17, 15) is 14.7 Å². The molecule has 2 atom stereocenters. The summed E-state index contributed by atoms with van der Waals surface area (Å²) in [6.07, 6.45) is 1.44. The summed E-state index contributed by atoms with van der Waals surface area (Å²) in [7, 11) is 0. The van der Waals surface area contributed by atoms with Gasteiger partial charge in [0.05, 0.1) is 46.5 Å². The van der Waals surface area contributed by atoms with Crippen LogP contribution in [-0.2, 0) is 27.4 Å². The van der Waals surface area contributed by atoms with Crippen molar-refractivity contribution in [2.45, 2.75) is 38.6 Å². The van der Waals surface area contributed by atoms with Crippen LogP contribution in [0.5, 0.6) is 0 Å². The predicted octanol–water partition coefficient (Wildman–Crippen LogP) is 4.75. The fraction of sp³-hybridized carbons (Fsp3) is 0.296. The first-order valence-electron chi connectivity index (χ1n) is 11.5. The third-order valence-electron chi connectivity index (χ3n) is 6.36. The first kappa shape index (κ1) is 27.0. The molecule has 1 aromatic heterocycles. The molecule has 0 radical (unpaired) electrons. The molecule has 1 aliphatic heterocycles. The summed E-state index contributed by atoms with van der Waals surface area (Å²) in [4.78, 5) is 31.5. The van der Waals surface area contributed by atoms with Gasteiger partial charge in [-0.2, -0.15) is 0 Å². The number of primary amides is 1. The number of halogens is 3. The van der Waals surface area contributed by atoms with Crippen LogP contribution in [-0.4, -0.2) is 33.4 Å². The minimum atomic E-state index is -1.79. The van der Waals surface area contributed by atoms with E-state index >= 15 is 4.39 Å². The number of aliphatic hydroxyl groups is 1. The zero-order valence-electron chi connectivity index (χ0n) is 20.5. The first-order chi connectivity index (χ1) is 17.3. The number of carbonyl (C=O) groups excluding carboxylic acids is 2. The topological polar surface area (TPSA) is 106 Å². The van der Waals surface area contributed by atoms with Crippen LogP contribution in [0.15, 0.2) is 54.7 Å². The lowest BCUT2D eigenvalue weighted by atomic mass is 9.88. The number of hydrogen-bond acceptors (Lipinski definition) is 5. The van der Waals surface area contributed by atoms with Crippen LogP contribution in [0.4, 0.5) is 4.39 Å². The van der Waals surface area contributed by atoms with Gasteiger partial charge in [-0.15, -0.1) is 0 Å². The zero-order chi connectivity index (χ0) is 27.1. The van der Waals surface area contributed by atoms with Crippen molar-refractivity contribution in [3.63, 3.8) is 0 Å². The Morgan fingerprint density at radius 1 is 1.19 bits per heavy atom. The molecule has 3 N–H and O–H groups in total. The van der Waals surface area contributed by atoms with Gasteiger partial charge >= 0.3 is 0 Å². The van der Waals surface area contributed by atoms with Gasteiger partial charge in [0.2, 0.25) is 5.91 Å². The molecule has 37 heavy (non-hydrogen) atoms. The second-order valence-electron chi connectivity index (χ2n) is 9.56. The number of pyridine rings is 1. The molecule has 0 spiro atoms. The maximum atomic E-state index is 16.0. The number of carbonyl (C=O) groups is 2. The number of amides is 2. The summed E-state index contributed by atoms with van der Waals surface area (Å²) in [6, 6.07) is 12.4. The highest BCUT2D eigenvalue weighted by Crippen LogP contribution is 2.48. The van der Waals surface area contributed by atoms with E-state index in [1.54, 1.807) is 43.3 Å². The Morgan fingerprint density at radius 2 is 1.84 bits per heavy atom. The van der Waals surface area contributed by atoms with E-state index in [4.69, 9.17) is 33.7 Å². The third kappa shape index (κ3) is 5.07. The van der Waals surface area contributed by atoms with Crippen molar-refractivity contribution in [3.05, 3.63) is 98.5 Å². The van der Waals surface area contributed by atoms with Crippen LogP contribution in [0, 0.1) is 11.7 Å². The summed E-state index contributed by atoms with van der Waals surface area (Å²) < 4.78 is 22.4. The molecule has 2 heterocycles. The minimum Gasteiger partial charge on any atom is -0.386 e. The highest BCUT2D eigenvalue weighted by atomic mass is 35.5. The van der Waals surface area contributed by atoms with Crippen LogP contribution < -0.4 is 5.73 Å². The van der Waals surface area contributed by atoms with Gasteiger partial charge in [0.15, 0.2) is 5.72 Å². The third-order valence-corrected chi connectivity index (χ3v) is 6.84. The number of rotatable bonds is 8. The standard InChI is InChI=1S/C27H26Cl2FN3O4/c1-15(24(31)34)14-37-27(16-4-6-18(28)7-5-16)23-21(10-17(11-22(23)30)26(2,3)36)25(35)33(27)13-20-9-8-19(29)12-32-20/h4-12,15,36H,13-14H2,1-3H3,(H2,31,34)/t15-,27?/m0/s1. The molecule has 2 amide bonds. The molecule has 3 aromatic rings. The van der Waals surface area contributed by atoms with Gasteiger partial charge in [0, 0.05) is 16.8 Å². The minimum absolute atomic E-state index is 0.0211. The summed E-state index contributed by atoms with van der Waals surface area (Å²) in [5, 5.41) is 11.4. The Morgan fingerprint density at radius 3 is 2.41 bits per heavy atom. The van der Waals surface area contributed by atoms with Crippen LogP contribution in [0.3, 0.4) is 0 Å². The molecule has 1 unspecified atom stereocenters. The highest BCUT2D eigenvalue weighted by molar-refractivity contribution is 6.30. The normalized spacial score (nSPS) is 18.1. The molecule has 0 saturated heterocycles. The van der Waals surface area contributed by atoms with E-state index in [0.29, 0.717) is 21.3 Å². The number of nitrogens with zero attached hydrogens (tertiary/aromatic N) is 2. The highest BCUT2D eigenvalue weighted by Gasteiger charge is 2.55. The maximum absolute atomic E-state index is 16.0. The summed E-state index contributed by atoms with van der Waals surface area (Å²) >= 11 is 12.1. The van der Waals surface area contributed by atoms with Crippen molar-refractivity contribution in [1.82, 2.24) is 9.88 Å². The lowest BCUT2D eigenvalue weighted by Gasteiger charge is -2.40. The second-order valence-corrected chi connectivity index (χ2v) is 10.4. The summed E-state index contributed by atoms with van der Waals surface area (Å²) in [5.74, 6) is -2.65. The molecule has 7 nitrogen and oxygen atoms in total. The molecular formula is C27H26Cl2FN3O4. The predicted molar refractivity (Wildman–Crippen MR) is 137 cm³/mol. The van der Waals surface area contributed by atoms with Crippen molar-refractivity contribution in [3.8, 4) is 0 Å². The fourth-order valence-corrected chi connectivity index (χ4v) is 4.52. The Kier molecular flexibility index (Phi) is 7.32. The maximum Gasteiger partial charge on any atom is 0.257 e. The van der Waals surface area contributed by atoms with Gasteiger partial charge in [-0.1, -0.05) is 42.3 Å². The van der Waals surface area contributed by atoms with E-state index in [-0.39, 0.29) is 29.8 Å². The molecular weight excluding hydrogens is 520 g/mol. The number of hydrogen-bond donors (Lipinski definition) is 2. The molecule has 194 valence electrons. The number of ether oxygens (including phenoxy) is 1. The number of nitrogens with two attached hydrogens (primary N) is 1. The van der Waals surface area contributed by atoms with Crippen molar-refractivity contribution in [2.75, 3.05) is 6.61 Å². The van der Waals surface area contributed by atoms with Gasteiger partial charge in [0.1, 0.15) is 5.82 Å². The van der Waals surface area contributed by atoms with Crippen molar-refractivity contribution in [2.24, 2.45) is 11.7 Å². The molecule has 0 saturated carbocycles. The molecule has 2 aromatic carbocycles. The molecule has 4 rings (SSSR count). The zero-order valence-corrected chi connectivity index (χ0v) is 22.0. The van der Waals surface area contributed by atoms with Gasteiger partial charge in [-0.05, 0) is 55.8 Å². The van der Waals surface area contributed by atoms with E-state index < -0.39 is 34.9 Å². The van der Waals surface area contributed by atoms with E-state index in [2.05, 4.69) is 4.98 Å². The molecule has 10 heteroatoms. The van der Waals surface area contributed by atoms with Gasteiger partial charge in [0.25, 0.3) is 5.91 Å². The lowest BCUT2D eigenvalue weighted by molar-refractivity contribution is -0.138. The van der Waals surface area contributed by atoms with Crippen LogP contribution in [0.2, 0.25) is 10.0 Å². The Hall–Kier alpha value is -3.04. The van der Waals surface area contributed by atoms with E-state index in [1.165, 1.54) is 37.1 Å². The van der Waals surface area contributed by atoms with Crippen molar-refractivity contribution in [1.29, 1.82) is 0 Å². The van der Waals surface area contributed by atoms with Crippen molar-refractivity contribution < 1.29 is 23.8 Å². The average Bonchev–Trinajstić information content (AvgIpc) is 3.07. The summed E-state index contributed by atoms with van der Waals surface area (Å²) in [6.45, 7) is 4.30. The fourth-order valence-electron chi connectivity index (χ4n) is 4.28. The number of benzene rings is 2. The number of fused-ring (bicyclic) bond motifs is 1. The Bertz CT molecular complexity index is 1340. The average molecular weight is 546 g/mol. The smallest absolute Gasteiger partial charge is 0.257 e. The number of aromatic nitrogens is 1. The second kappa shape index (κ2) is 10.0. The van der Waals surface area contributed by atoms with Crippen LogP contribution in [0.1, 0.15) is 53.5 Å². The van der Waals surface area contributed by atoms with Gasteiger partial charge < -0.3 is 15.6 Å². The summed E-state index contributed by atoms with van der Waals surface area (Å²) in [5.41, 5.74) is 3.35.